The number of hydrogen-bond acceptors (Lipinski definition) is 2. The van der Waals surface area contributed by atoms with Gasteiger partial charge in [0.05, 0.1) is 5.57 Å². The SMILES string of the molecule is CC=C(C(N)=O)C(N)=NCC1CCCCCC1. The van der Waals surface area contributed by atoms with Crippen molar-refractivity contribution in [1.82, 2.24) is 0 Å². The highest BCUT2D eigenvalue weighted by molar-refractivity contribution is 6.19. The van der Waals surface area contributed by atoms with E-state index in [2.05, 4.69) is 4.99 Å². The summed E-state index contributed by atoms with van der Waals surface area (Å²) in [5.74, 6) is 0.390. The van der Waals surface area contributed by atoms with Crippen LogP contribution in [0, 0.1) is 5.92 Å². The molecule has 1 aliphatic rings. The standard InChI is InChI=1S/C13H23N3O/c1-2-11(13(15)17)12(14)16-9-10-7-5-3-4-6-8-10/h2,10H,3-9H2,1H3,(H2,14,16)(H2,15,17). The minimum Gasteiger partial charge on any atom is -0.383 e. The van der Waals surface area contributed by atoms with Crippen molar-refractivity contribution < 1.29 is 4.79 Å². The minimum absolute atomic E-state index is 0.282. The number of aliphatic imine (C=N–C) groups is 1. The quantitative estimate of drug-likeness (QED) is 0.338. The minimum atomic E-state index is -0.505. The van der Waals surface area contributed by atoms with E-state index in [1.807, 2.05) is 0 Å². The van der Waals surface area contributed by atoms with Gasteiger partial charge < -0.3 is 11.5 Å². The summed E-state index contributed by atoms with van der Waals surface area (Å²) < 4.78 is 0. The van der Waals surface area contributed by atoms with Crippen molar-refractivity contribution in [2.24, 2.45) is 22.4 Å². The monoisotopic (exact) mass is 237 g/mol. The summed E-state index contributed by atoms with van der Waals surface area (Å²) in [5.41, 5.74) is 11.3. The molecule has 1 amide bonds. The third kappa shape index (κ3) is 4.59. The molecular formula is C13H23N3O. The summed E-state index contributed by atoms with van der Waals surface area (Å²) in [6, 6.07) is 0. The molecule has 0 bridgehead atoms. The van der Waals surface area contributed by atoms with Gasteiger partial charge in [0.1, 0.15) is 5.84 Å². The lowest BCUT2D eigenvalue weighted by atomic mass is 10.0. The van der Waals surface area contributed by atoms with Gasteiger partial charge in [-0.25, -0.2) is 0 Å². The maximum Gasteiger partial charge on any atom is 0.252 e. The van der Waals surface area contributed by atoms with Crippen LogP contribution in [-0.2, 0) is 4.79 Å². The van der Waals surface area contributed by atoms with Gasteiger partial charge in [-0.3, -0.25) is 9.79 Å². The van der Waals surface area contributed by atoms with Crippen LogP contribution in [0.3, 0.4) is 0 Å². The number of hydrogen-bond donors (Lipinski definition) is 2. The van der Waals surface area contributed by atoms with E-state index in [1.165, 1.54) is 38.5 Å². The molecule has 0 aliphatic heterocycles. The maximum atomic E-state index is 11.1. The third-order valence-corrected chi connectivity index (χ3v) is 3.32. The van der Waals surface area contributed by atoms with Crippen LogP contribution in [0.15, 0.2) is 16.6 Å². The van der Waals surface area contributed by atoms with Crippen LogP contribution in [0.1, 0.15) is 45.4 Å². The molecule has 17 heavy (non-hydrogen) atoms. The number of allylic oxidation sites excluding steroid dienone is 1. The highest BCUT2D eigenvalue weighted by atomic mass is 16.1. The zero-order valence-electron chi connectivity index (χ0n) is 10.6. The zero-order valence-corrected chi connectivity index (χ0v) is 10.6. The van der Waals surface area contributed by atoms with Crippen LogP contribution >= 0.6 is 0 Å². The van der Waals surface area contributed by atoms with Gasteiger partial charge in [0, 0.05) is 6.54 Å². The Morgan fingerprint density at radius 3 is 2.29 bits per heavy atom. The van der Waals surface area contributed by atoms with Gasteiger partial charge in [0.15, 0.2) is 0 Å². The normalized spacial score (nSPS) is 20.1. The van der Waals surface area contributed by atoms with E-state index in [9.17, 15) is 4.79 Å². The second-order valence-electron chi connectivity index (χ2n) is 4.65. The maximum absolute atomic E-state index is 11.1. The number of primary amides is 1. The highest BCUT2D eigenvalue weighted by Crippen LogP contribution is 2.22. The molecule has 0 unspecified atom stereocenters. The molecule has 0 heterocycles. The van der Waals surface area contributed by atoms with Crippen LogP contribution in [0.2, 0.25) is 0 Å². The van der Waals surface area contributed by atoms with E-state index in [1.54, 1.807) is 13.0 Å². The van der Waals surface area contributed by atoms with Crippen molar-refractivity contribution in [1.29, 1.82) is 0 Å². The molecule has 4 N–H and O–H groups in total. The van der Waals surface area contributed by atoms with E-state index < -0.39 is 5.91 Å². The van der Waals surface area contributed by atoms with E-state index in [0.717, 1.165) is 6.54 Å². The topological polar surface area (TPSA) is 81.5 Å². The molecule has 0 aromatic heterocycles. The van der Waals surface area contributed by atoms with Crippen molar-refractivity contribution in [2.75, 3.05) is 6.54 Å². The van der Waals surface area contributed by atoms with Gasteiger partial charge in [-0.15, -0.1) is 0 Å². The molecule has 1 saturated carbocycles. The highest BCUT2D eigenvalue weighted by Gasteiger charge is 2.13. The van der Waals surface area contributed by atoms with Crippen LogP contribution in [0.5, 0.6) is 0 Å². The summed E-state index contributed by atoms with van der Waals surface area (Å²) in [5, 5.41) is 0. The molecule has 0 radical (unpaired) electrons. The van der Waals surface area contributed by atoms with Crippen LogP contribution in [0.4, 0.5) is 0 Å². The number of nitrogens with zero attached hydrogens (tertiary/aromatic N) is 1. The first-order chi connectivity index (χ1) is 8.15. The molecule has 4 heteroatoms. The van der Waals surface area contributed by atoms with Crippen molar-refractivity contribution in [3.8, 4) is 0 Å². The molecule has 0 spiro atoms. The molecule has 1 fully saturated rings. The van der Waals surface area contributed by atoms with Crippen LogP contribution in [-0.4, -0.2) is 18.3 Å². The van der Waals surface area contributed by atoms with E-state index in [-0.39, 0.29) is 5.84 Å². The number of nitrogens with two attached hydrogens (primary N) is 2. The Morgan fingerprint density at radius 2 is 1.82 bits per heavy atom. The first-order valence-electron chi connectivity index (χ1n) is 6.41. The van der Waals surface area contributed by atoms with Crippen molar-refractivity contribution >= 4 is 11.7 Å². The Morgan fingerprint density at radius 1 is 1.24 bits per heavy atom. The average Bonchev–Trinajstić information content (AvgIpc) is 2.55. The molecule has 0 aromatic carbocycles. The number of rotatable bonds is 4. The van der Waals surface area contributed by atoms with Gasteiger partial charge in [-0.05, 0) is 25.7 Å². The summed E-state index contributed by atoms with van der Waals surface area (Å²) in [7, 11) is 0. The molecular weight excluding hydrogens is 214 g/mol. The molecule has 0 aromatic rings. The second-order valence-corrected chi connectivity index (χ2v) is 4.65. The van der Waals surface area contributed by atoms with Gasteiger partial charge in [0.2, 0.25) is 0 Å². The number of carbonyl (C=O) groups is 1. The van der Waals surface area contributed by atoms with Gasteiger partial charge in [-0.2, -0.15) is 0 Å². The molecule has 1 rings (SSSR count). The molecule has 1 aliphatic carbocycles. The van der Waals surface area contributed by atoms with Crippen LogP contribution in [0.25, 0.3) is 0 Å². The Labute approximate surface area is 103 Å². The number of amidine groups is 1. The Kier molecular flexibility index (Phi) is 5.73. The average molecular weight is 237 g/mol. The number of amides is 1. The van der Waals surface area contributed by atoms with Crippen molar-refractivity contribution in [2.45, 2.75) is 45.4 Å². The van der Waals surface area contributed by atoms with Gasteiger partial charge in [0.25, 0.3) is 5.91 Å². The van der Waals surface area contributed by atoms with Gasteiger partial charge in [-0.1, -0.05) is 31.8 Å². The lowest BCUT2D eigenvalue weighted by Crippen LogP contribution is -2.27. The fourth-order valence-electron chi connectivity index (χ4n) is 2.28. The summed E-state index contributed by atoms with van der Waals surface area (Å²) >= 11 is 0. The van der Waals surface area contributed by atoms with E-state index in [4.69, 9.17) is 11.5 Å². The Bertz CT molecular complexity index is 313. The fraction of sp³-hybridized carbons (Fsp3) is 0.692. The summed E-state index contributed by atoms with van der Waals surface area (Å²) in [4.78, 5) is 15.4. The predicted octanol–water partition coefficient (Wildman–Crippen LogP) is 1.75. The van der Waals surface area contributed by atoms with Crippen molar-refractivity contribution in [3.63, 3.8) is 0 Å². The van der Waals surface area contributed by atoms with E-state index in [0.29, 0.717) is 11.5 Å². The van der Waals surface area contributed by atoms with Crippen LogP contribution < -0.4 is 11.5 Å². The molecule has 4 nitrogen and oxygen atoms in total. The van der Waals surface area contributed by atoms with E-state index >= 15 is 0 Å². The Hall–Kier alpha value is -1.32. The molecule has 0 atom stereocenters. The zero-order chi connectivity index (χ0) is 12.7. The lowest BCUT2D eigenvalue weighted by molar-refractivity contribution is -0.114. The summed E-state index contributed by atoms with van der Waals surface area (Å²) in [6.07, 6.45) is 9.29. The Balaban J connectivity index is 2.53. The van der Waals surface area contributed by atoms with Gasteiger partial charge >= 0.3 is 0 Å². The number of carbonyl (C=O) groups excluding carboxylic acids is 1. The first kappa shape index (κ1) is 13.7. The van der Waals surface area contributed by atoms with Crippen molar-refractivity contribution in [3.05, 3.63) is 11.6 Å². The second kappa shape index (κ2) is 7.09. The first-order valence-corrected chi connectivity index (χ1v) is 6.41. The smallest absolute Gasteiger partial charge is 0.252 e. The summed E-state index contributed by atoms with van der Waals surface area (Å²) in [6.45, 7) is 2.46. The molecule has 0 saturated heterocycles. The fourth-order valence-corrected chi connectivity index (χ4v) is 2.28. The third-order valence-electron chi connectivity index (χ3n) is 3.32. The lowest BCUT2D eigenvalue weighted by Gasteiger charge is -2.11. The predicted molar refractivity (Wildman–Crippen MR) is 70.6 cm³/mol. The largest absolute Gasteiger partial charge is 0.383 e. The molecule has 96 valence electrons.